The average molecular weight is 423 g/mol. The number of carbonyl (C=O) groups excluding carboxylic acids is 2. The van der Waals surface area contributed by atoms with Gasteiger partial charge in [0.1, 0.15) is 20.2 Å². The summed E-state index contributed by atoms with van der Waals surface area (Å²) in [4.78, 5) is 22.9. The third-order valence-corrected chi connectivity index (χ3v) is 7.28. The highest BCUT2D eigenvalue weighted by molar-refractivity contribution is 7.93. The van der Waals surface area contributed by atoms with E-state index in [0.717, 1.165) is 6.07 Å². The Morgan fingerprint density at radius 2 is 1.84 bits per heavy atom. The summed E-state index contributed by atoms with van der Waals surface area (Å²) in [6.45, 7) is 1.22. The molecule has 11 heteroatoms. The topological polar surface area (TPSA) is 127 Å². The predicted molar refractivity (Wildman–Crippen MR) is 95.1 cm³/mol. The van der Waals surface area contributed by atoms with Crippen molar-refractivity contribution in [2.45, 2.75) is 22.1 Å². The van der Waals surface area contributed by atoms with Crippen LogP contribution in [-0.4, -0.2) is 31.4 Å². The maximum absolute atomic E-state index is 12.8. The van der Waals surface area contributed by atoms with Crippen LogP contribution in [0.5, 0.6) is 0 Å². The zero-order valence-electron chi connectivity index (χ0n) is 12.6. The lowest BCUT2D eigenvalue weighted by molar-refractivity contribution is -0.123. The van der Waals surface area contributed by atoms with Gasteiger partial charge in [-0.3, -0.25) is 9.59 Å². The molecule has 0 aliphatic rings. The highest BCUT2D eigenvalue weighted by atomic mass is 35.5. The highest BCUT2D eigenvalue weighted by Gasteiger charge is 2.29. The predicted octanol–water partition coefficient (Wildman–Crippen LogP) is 2.31. The van der Waals surface area contributed by atoms with Crippen LogP contribution in [0.15, 0.2) is 33.4 Å². The van der Waals surface area contributed by atoms with Gasteiger partial charge in [-0.15, -0.1) is 11.3 Å². The van der Waals surface area contributed by atoms with Gasteiger partial charge >= 0.3 is 0 Å². The Morgan fingerprint density at radius 3 is 2.32 bits per heavy atom. The Hall–Kier alpha value is -1.65. The molecule has 1 atom stereocenters. The van der Waals surface area contributed by atoms with Gasteiger partial charge in [-0.2, -0.15) is 0 Å². The number of nitrogens with one attached hydrogen (secondary N) is 1. The van der Waals surface area contributed by atoms with Gasteiger partial charge in [-0.05, 0) is 25.1 Å². The second-order valence-electron chi connectivity index (χ2n) is 4.89. The smallest absolute Gasteiger partial charge is 0.253 e. The monoisotopic (exact) mass is 422 g/mol. The number of aliphatic hydroxyl groups is 1. The zero-order chi connectivity index (χ0) is 18.9. The molecule has 0 aliphatic heterocycles. The van der Waals surface area contributed by atoms with E-state index in [-0.39, 0.29) is 29.7 Å². The van der Waals surface area contributed by atoms with Crippen molar-refractivity contribution in [2.24, 2.45) is 5.73 Å². The molecule has 7 nitrogen and oxygen atoms in total. The first kappa shape index (κ1) is 19.7. The van der Waals surface area contributed by atoms with E-state index in [1.807, 2.05) is 0 Å². The number of aliphatic hydroxyl groups excluding tert-OH is 1. The number of hydrogen-bond acceptors (Lipinski definition) is 6. The van der Waals surface area contributed by atoms with Crippen molar-refractivity contribution in [3.05, 3.63) is 39.9 Å². The SMILES string of the molecule is C[C@H](O)C(=O)Nc1sc(S(=O)(=O)c2c(Cl)cccc2Cl)cc1C(N)=O. The number of nitrogens with two attached hydrogens (primary N) is 1. The maximum atomic E-state index is 12.8. The Bertz CT molecular complexity index is 934. The van der Waals surface area contributed by atoms with Crippen LogP contribution in [0.2, 0.25) is 10.0 Å². The summed E-state index contributed by atoms with van der Waals surface area (Å²) in [5.41, 5.74) is 5.02. The van der Waals surface area contributed by atoms with E-state index in [0.29, 0.717) is 11.3 Å². The molecule has 0 unspecified atom stereocenters. The molecule has 2 aromatic rings. The highest BCUT2D eigenvalue weighted by Crippen LogP contribution is 2.39. The quantitative estimate of drug-likeness (QED) is 0.680. The van der Waals surface area contributed by atoms with Gasteiger partial charge in [0.15, 0.2) is 0 Å². The van der Waals surface area contributed by atoms with Crippen LogP contribution >= 0.6 is 34.5 Å². The van der Waals surface area contributed by atoms with Gasteiger partial charge < -0.3 is 16.2 Å². The molecular weight excluding hydrogens is 411 g/mol. The fourth-order valence-electron chi connectivity index (χ4n) is 1.83. The van der Waals surface area contributed by atoms with E-state index < -0.39 is 27.8 Å². The Kier molecular flexibility index (Phi) is 5.75. The minimum absolute atomic E-state index is 0.0870. The van der Waals surface area contributed by atoms with Crippen molar-refractivity contribution in [1.82, 2.24) is 0 Å². The Morgan fingerprint density at radius 1 is 1.28 bits per heavy atom. The lowest BCUT2D eigenvalue weighted by atomic mass is 10.3. The Labute approximate surface area is 157 Å². The molecule has 0 spiro atoms. The van der Waals surface area contributed by atoms with Gasteiger partial charge in [0.25, 0.3) is 11.8 Å². The number of carbonyl (C=O) groups is 2. The molecule has 1 heterocycles. The summed E-state index contributed by atoms with van der Waals surface area (Å²) in [5.74, 6) is -1.76. The molecule has 4 N–H and O–H groups in total. The number of rotatable bonds is 5. The van der Waals surface area contributed by atoms with Crippen molar-refractivity contribution >= 4 is 61.2 Å². The second-order valence-corrected chi connectivity index (χ2v) is 8.87. The van der Waals surface area contributed by atoms with Crippen LogP contribution in [-0.2, 0) is 14.6 Å². The number of primary amides is 1. The number of halogens is 2. The molecule has 1 aromatic heterocycles. The zero-order valence-corrected chi connectivity index (χ0v) is 15.8. The van der Waals surface area contributed by atoms with Gasteiger partial charge in [0, 0.05) is 0 Å². The molecule has 25 heavy (non-hydrogen) atoms. The third kappa shape index (κ3) is 3.96. The van der Waals surface area contributed by atoms with Crippen LogP contribution in [0.3, 0.4) is 0 Å². The standard InChI is InChI=1S/C14H12Cl2N2O5S2/c1-6(19)13(21)18-14-7(12(17)20)5-10(24-14)25(22,23)11-8(15)3-2-4-9(11)16/h2-6,19H,1H3,(H2,17,20)(H,18,21)/t6-/m0/s1. The van der Waals surface area contributed by atoms with E-state index in [9.17, 15) is 23.1 Å². The van der Waals surface area contributed by atoms with Crippen LogP contribution in [0.4, 0.5) is 5.00 Å². The second kappa shape index (κ2) is 7.30. The van der Waals surface area contributed by atoms with Crippen LogP contribution < -0.4 is 11.1 Å². The summed E-state index contributed by atoms with van der Waals surface area (Å²) < 4.78 is 25.3. The molecule has 0 radical (unpaired) electrons. The normalized spacial score (nSPS) is 12.6. The number of amides is 2. The summed E-state index contributed by atoms with van der Waals surface area (Å²) >= 11 is 12.5. The molecule has 0 aliphatic carbocycles. The summed E-state index contributed by atoms with van der Waals surface area (Å²) in [6.07, 6.45) is -1.36. The van der Waals surface area contributed by atoms with Gasteiger partial charge in [-0.25, -0.2) is 8.42 Å². The van der Waals surface area contributed by atoms with E-state index in [1.165, 1.54) is 25.1 Å². The average Bonchev–Trinajstić information content (AvgIpc) is 2.91. The lowest BCUT2D eigenvalue weighted by Gasteiger charge is -2.07. The molecule has 134 valence electrons. The maximum Gasteiger partial charge on any atom is 0.253 e. The fourth-order valence-corrected chi connectivity index (χ4v) is 5.70. The van der Waals surface area contributed by atoms with E-state index in [1.54, 1.807) is 0 Å². The molecule has 2 amide bonds. The van der Waals surface area contributed by atoms with Crippen molar-refractivity contribution in [1.29, 1.82) is 0 Å². The minimum atomic E-state index is -4.16. The van der Waals surface area contributed by atoms with E-state index in [4.69, 9.17) is 28.9 Å². The number of anilines is 1. The Balaban J connectivity index is 2.60. The number of sulfone groups is 1. The van der Waals surface area contributed by atoms with Gasteiger partial charge in [-0.1, -0.05) is 29.3 Å². The van der Waals surface area contributed by atoms with Crippen molar-refractivity contribution < 1.29 is 23.1 Å². The van der Waals surface area contributed by atoms with Crippen molar-refractivity contribution in [3.63, 3.8) is 0 Å². The van der Waals surface area contributed by atoms with E-state index >= 15 is 0 Å². The van der Waals surface area contributed by atoms with Crippen molar-refractivity contribution in [2.75, 3.05) is 5.32 Å². The first-order chi connectivity index (χ1) is 11.6. The first-order valence-electron chi connectivity index (χ1n) is 6.67. The van der Waals surface area contributed by atoms with Gasteiger partial charge in [0.05, 0.1) is 15.6 Å². The van der Waals surface area contributed by atoms with Gasteiger partial charge in [0.2, 0.25) is 9.84 Å². The van der Waals surface area contributed by atoms with Crippen LogP contribution in [0.25, 0.3) is 0 Å². The van der Waals surface area contributed by atoms with Crippen LogP contribution in [0, 0.1) is 0 Å². The summed E-state index contributed by atoms with van der Waals surface area (Å²) in [6, 6.07) is 5.24. The molecule has 1 aromatic carbocycles. The minimum Gasteiger partial charge on any atom is -0.384 e. The number of hydrogen-bond donors (Lipinski definition) is 3. The molecular formula is C14H12Cl2N2O5S2. The molecule has 0 fully saturated rings. The molecule has 0 bridgehead atoms. The molecule has 0 saturated heterocycles. The summed E-state index contributed by atoms with van der Waals surface area (Å²) in [7, 11) is -4.16. The molecule has 0 saturated carbocycles. The third-order valence-electron chi connectivity index (χ3n) is 3.04. The largest absolute Gasteiger partial charge is 0.384 e. The molecule has 2 rings (SSSR count). The lowest BCUT2D eigenvalue weighted by Crippen LogP contribution is -2.25. The summed E-state index contributed by atoms with van der Waals surface area (Å²) in [5, 5.41) is 11.2. The first-order valence-corrected chi connectivity index (χ1v) is 9.73. The van der Waals surface area contributed by atoms with Crippen LogP contribution in [0.1, 0.15) is 17.3 Å². The van der Waals surface area contributed by atoms with Crippen molar-refractivity contribution in [3.8, 4) is 0 Å². The number of benzene rings is 1. The number of thiophene rings is 1. The van der Waals surface area contributed by atoms with E-state index in [2.05, 4.69) is 5.32 Å². The fraction of sp³-hybridized carbons (Fsp3) is 0.143.